The van der Waals surface area contributed by atoms with Crippen molar-refractivity contribution in [3.63, 3.8) is 0 Å². The fraction of sp³-hybridized carbons (Fsp3) is 0.385. The molecule has 3 aromatic rings. The minimum absolute atomic E-state index is 0.203. The molecule has 0 saturated carbocycles. The molecule has 1 fully saturated rings. The zero-order valence-electron chi connectivity index (χ0n) is 21.1. The summed E-state index contributed by atoms with van der Waals surface area (Å²) in [6.07, 6.45) is 1.49. The highest BCUT2D eigenvalue weighted by Gasteiger charge is 2.23. The first-order valence-electron chi connectivity index (χ1n) is 12.1. The van der Waals surface area contributed by atoms with Crippen LogP contribution in [-0.4, -0.2) is 60.8 Å². The largest absolute Gasteiger partial charge is 0.369 e. The molecule has 4 rings (SSSR count). The minimum atomic E-state index is -3.49. The van der Waals surface area contributed by atoms with Gasteiger partial charge in [0.05, 0.1) is 22.0 Å². The monoisotopic (exact) mass is 528 g/mol. The number of anilines is 5. The second-order valence-electron chi connectivity index (χ2n) is 9.39. The summed E-state index contributed by atoms with van der Waals surface area (Å²) >= 11 is 6.34. The van der Waals surface area contributed by atoms with Gasteiger partial charge in [-0.2, -0.15) is 4.98 Å². The van der Waals surface area contributed by atoms with E-state index in [1.807, 2.05) is 12.1 Å². The maximum absolute atomic E-state index is 12.8. The summed E-state index contributed by atoms with van der Waals surface area (Å²) in [6.45, 7) is 11.9. The highest BCUT2D eigenvalue weighted by atomic mass is 35.5. The van der Waals surface area contributed by atoms with Gasteiger partial charge in [0.25, 0.3) is 0 Å². The molecule has 1 saturated heterocycles. The molecule has 10 heteroatoms. The molecule has 1 aliphatic heterocycles. The molecule has 8 nitrogen and oxygen atoms in total. The first-order valence-corrected chi connectivity index (χ1v) is 14.1. The van der Waals surface area contributed by atoms with Gasteiger partial charge in [0.1, 0.15) is 5.02 Å². The molecular weight excluding hydrogens is 496 g/mol. The molecule has 0 unspecified atom stereocenters. The number of nitrogens with one attached hydrogen (secondary N) is 2. The van der Waals surface area contributed by atoms with Gasteiger partial charge in [-0.15, -0.1) is 0 Å². The van der Waals surface area contributed by atoms with Crippen LogP contribution in [0, 0.1) is 0 Å². The molecule has 192 valence electrons. The van der Waals surface area contributed by atoms with Crippen molar-refractivity contribution in [1.82, 2.24) is 14.9 Å². The van der Waals surface area contributed by atoms with E-state index < -0.39 is 15.1 Å². The maximum atomic E-state index is 12.8. The van der Waals surface area contributed by atoms with Crippen molar-refractivity contribution in [2.45, 2.75) is 43.9 Å². The third-order valence-electron chi connectivity index (χ3n) is 6.34. The van der Waals surface area contributed by atoms with Crippen molar-refractivity contribution in [3.8, 4) is 0 Å². The number of hydrogen-bond acceptors (Lipinski definition) is 8. The minimum Gasteiger partial charge on any atom is -0.369 e. The van der Waals surface area contributed by atoms with Gasteiger partial charge in [-0.25, -0.2) is 13.4 Å². The number of aromatic nitrogens is 2. The summed E-state index contributed by atoms with van der Waals surface area (Å²) in [5.41, 5.74) is 2.45. The van der Waals surface area contributed by atoms with Crippen LogP contribution in [0.15, 0.2) is 59.6 Å². The van der Waals surface area contributed by atoms with Crippen LogP contribution in [0.3, 0.4) is 0 Å². The van der Waals surface area contributed by atoms with Crippen molar-refractivity contribution >= 4 is 50.3 Å². The Morgan fingerprint density at radius 1 is 0.917 bits per heavy atom. The van der Waals surface area contributed by atoms with E-state index in [-0.39, 0.29) is 9.92 Å². The summed E-state index contributed by atoms with van der Waals surface area (Å²) in [5.74, 6) is 0.671. The highest BCUT2D eigenvalue weighted by Crippen LogP contribution is 2.30. The number of para-hydroxylation sites is 1. The lowest BCUT2D eigenvalue weighted by Crippen LogP contribution is -2.48. The van der Waals surface area contributed by atoms with E-state index in [0.29, 0.717) is 23.5 Å². The third kappa shape index (κ3) is 5.91. The summed E-state index contributed by atoms with van der Waals surface area (Å²) in [5, 5.41) is 6.02. The van der Waals surface area contributed by atoms with Crippen LogP contribution in [0.5, 0.6) is 0 Å². The van der Waals surface area contributed by atoms with Crippen LogP contribution in [0.2, 0.25) is 5.02 Å². The number of rotatable bonds is 8. The first-order chi connectivity index (χ1) is 17.1. The van der Waals surface area contributed by atoms with Crippen molar-refractivity contribution in [3.05, 3.63) is 59.8 Å². The summed E-state index contributed by atoms with van der Waals surface area (Å²) in [6, 6.07) is 15.5. The molecular formula is C26H33ClN6O2S. The van der Waals surface area contributed by atoms with Crippen LogP contribution in [0.4, 0.5) is 28.8 Å². The van der Waals surface area contributed by atoms with Gasteiger partial charge in [-0.1, -0.05) is 23.7 Å². The van der Waals surface area contributed by atoms with Crippen molar-refractivity contribution in [2.75, 3.05) is 41.7 Å². The maximum Gasteiger partial charge on any atom is 0.229 e. The predicted octanol–water partition coefficient (Wildman–Crippen LogP) is 5.33. The second kappa shape index (κ2) is 11.0. The normalized spacial score (nSPS) is 14.9. The van der Waals surface area contributed by atoms with Crippen LogP contribution < -0.4 is 15.5 Å². The summed E-state index contributed by atoms with van der Waals surface area (Å²) < 4.78 is 25.6. The van der Waals surface area contributed by atoms with Crippen molar-refractivity contribution < 1.29 is 8.42 Å². The van der Waals surface area contributed by atoms with Gasteiger partial charge >= 0.3 is 0 Å². The Morgan fingerprint density at radius 2 is 1.58 bits per heavy atom. The zero-order valence-corrected chi connectivity index (χ0v) is 22.6. The Hall–Kier alpha value is -2.88. The van der Waals surface area contributed by atoms with E-state index in [2.05, 4.69) is 56.4 Å². The number of sulfone groups is 1. The fourth-order valence-electron chi connectivity index (χ4n) is 4.10. The quantitative estimate of drug-likeness (QED) is 0.405. The molecule has 36 heavy (non-hydrogen) atoms. The lowest BCUT2D eigenvalue weighted by Gasteiger charge is -2.38. The smallest absolute Gasteiger partial charge is 0.229 e. The van der Waals surface area contributed by atoms with E-state index in [9.17, 15) is 8.42 Å². The third-order valence-corrected chi connectivity index (χ3v) is 8.83. The van der Waals surface area contributed by atoms with Crippen LogP contribution in [-0.2, 0) is 9.84 Å². The first kappa shape index (κ1) is 26.2. The highest BCUT2D eigenvalue weighted by molar-refractivity contribution is 7.92. The molecule has 0 atom stereocenters. The molecule has 2 N–H and O–H groups in total. The zero-order chi connectivity index (χ0) is 25.9. The van der Waals surface area contributed by atoms with E-state index in [0.717, 1.165) is 31.9 Å². The SMILES string of the molecule is CC(C)N1CCN(c2ccc(Nc3ncc(Cl)c(Nc4ccccc4S(=O)(=O)C(C)C)n3)cc2)CC1. The van der Waals surface area contributed by atoms with Crippen LogP contribution in [0.25, 0.3) is 0 Å². The Morgan fingerprint density at radius 3 is 2.22 bits per heavy atom. The van der Waals surface area contributed by atoms with Gasteiger partial charge in [0, 0.05) is 43.6 Å². The standard InChI is InChI=1S/C26H33ClN6O2S/c1-18(2)32-13-15-33(16-14-32)21-11-9-20(10-12-21)29-26-28-17-22(27)25(31-26)30-23-7-5-6-8-24(23)36(34,35)19(3)4/h5-12,17-19H,13-16H2,1-4H3,(H2,28,29,30,31). The average Bonchev–Trinajstić information content (AvgIpc) is 2.87. The Balaban J connectivity index is 1.48. The Bertz CT molecular complexity index is 1290. The van der Waals surface area contributed by atoms with Crippen molar-refractivity contribution in [1.29, 1.82) is 0 Å². The fourth-order valence-corrected chi connectivity index (χ4v) is 5.44. The van der Waals surface area contributed by atoms with Crippen LogP contribution >= 0.6 is 11.6 Å². The van der Waals surface area contributed by atoms with E-state index >= 15 is 0 Å². The number of benzene rings is 2. The number of piperazine rings is 1. The van der Waals surface area contributed by atoms with E-state index in [1.165, 1.54) is 11.9 Å². The summed E-state index contributed by atoms with van der Waals surface area (Å²) in [7, 11) is -3.49. The van der Waals surface area contributed by atoms with Gasteiger partial charge in [-0.05, 0) is 64.1 Å². The number of hydrogen-bond donors (Lipinski definition) is 2. The molecule has 0 aliphatic carbocycles. The predicted molar refractivity (Wildman–Crippen MR) is 148 cm³/mol. The molecule has 2 heterocycles. The molecule has 1 aromatic heterocycles. The van der Waals surface area contributed by atoms with Gasteiger partial charge in [0.15, 0.2) is 15.7 Å². The molecule has 0 radical (unpaired) electrons. The van der Waals surface area contributed by atoms with Crippen LogP contribution in [0.1, 0.15) is 27.7 Å². The van der Waals surface area contributed by atoms with Crippen molar-refractivity contribution in [2.24, 2.45) is 0 Å². The van der Waals surface area contributed by atoms with Gasteiger partial charge < -0.3 is 15.5 Å². The summed E-state index contributed by atoms with van der Waals surface area (Å²) in [4.78, 5) is 13.9. The Kier molecular flexibility index (Phi) is 8.02. The van der Waals surface area contributed by atoms with E-state index in [4.69, 9.17) is 11.6 Å². The number of halogens is 1. The molecule has 0 bridgehead atoms. The number of nitrogens with zero attached hydrogens (tertiary/aromatic N) is 4. The second-order valence-corrected chi connectivity index (χ2v) is 12.3. The lowest BCUT2D eigenvalue weighted by molar-refractivity contribution is 0.209. The molecule has 0 amide bonds. The Labute approximate surface area is 218 Å². The molecule has 2 aromatic carbocycles. The lowest BCUT2D eigenvalue weighted by atomic mass is 10.2. The average molecular weight is 529 g/mol. The van der Waals surface area contributed by atoms with Gasteiger partial charge in [0.2, 0.25) is 5.95 Å². The topological polar surface area (TPSA) is 90.5 Å². The van der Waals surface area contributed by atoms with Gasteiger partial charge in [-0.3, -0.25) is 4.90 Å². The van der Waals surface area contributed by atoms with E-state index in [1.54, 1.807) is 38.1 Å². The molecule has 1 aliphatic rings. The molecule has 0 spiro atoms.